The predicted molar refractivity (Wildman–Crippen MR) is 52.3 cm³/mol. The van der Waals surface area contributed by atoms with Crippen molar-refractivity contribution in [1.82, 2.24) is 9.55 Å². The number of hydrogen-bond donors (Lipinski definition) is 1. The van der Waals surface area contributed by atoms with E-state index in [2.05, 4.69) is 22.7 Å². The van der Waals surface area contributed by atoms with Gasteiger partial charge in [0.2, 0.25) is 0 Å². The van der Waals surface area contributed by atoms with Crippen LogP contribution in [-0.2, 0) is 13.0 Å². The highest BCUT2D eigenvalue weighted by atomic mass is 15.1. The van der Waals surface area contributed by atoms with Crippen molar-refractivity contribution in [2.45, 2.75) is 38.8 Å². The normalized spacial score (nSPS) is 24.0. The van der Waals surface area contributed by atoms with Gasteiger partial charge in [-0.15, -0.1) is 0 Å². The van der Waals surface area contributed by atoms with Crippen molar-refractivity contribution in [2.75, 3.05) is 0 Å². The summed E-state index contributed by atoms with van der Waals surface area (Å²) in [6.07, 6.45) is 7.45. The second kappa shape index (κ2) is 3.50. The molecule has 0 radical (unpaired) electrons. The summed E-state index contributed by atoms with van der Waals surface area (Å²) >= 11 is 0. The summed E-state index contributed by atoms with van der Waals surface area (Å²) < 4.78 is 2.25. The Morgan fingerprint density at radius 3 is 3.38 bits per heavy atom. The minimum Gasteiger partial charge on any atom is -0.335 e. The number of nitrogens with two attached hydrogens (primary N) is 1. The quantitative estimate of drug-likeness (QED) is 0.741. The molecular weight excluding hydrogens is 162 g/mol. The first-order chi connectivity index (χ1) is 6.25. The number of fused-ring (bicyclic) bond motifs is 1. The van der Waals surface area contributed by atoms with Crippen LogP contribution in [0, 0.1) is 5.92 Å². The standard InChI is InChI=1S/C10H17N3/c1-8(11)6-9-2-4-13-5-3-12-10(13)7-9/h3,5,8-9H,2,4,6-7,11H2,1H3. The monoisotopic (exact) mass is 179 g/mol. The fourth-order valence-corrected chi connectivity index (χ4v) is 2.14. The average Bonchev–Trinajstić information content (AvgIpc) is 2.49. The lowest BCUT2D eigenvalue weighted by molar-refractivity contribution is 0.343. The van der Waals surface area contributed by atoms with Gasteiger partial charge >= 0.3 is 0 Å². The van der Waals surface area contributed by atoms with Crippen molar-refractivity contribution in [3.63, 3.8) is 0 Å². The Kier molecular flexibility index (Phi) is 2.36. The minimum absolute atomic E-state index is 0.325. The van der Waals surface area contributed by atoms with Crippen LogP contribution in [-0.4, -0.2) is 15.6 Å². The summed E-state index contributed by atoms with van der Waals surface area (Å²) in [6, 6.07) is 0.325. The molecule has 1 aromatic heterocycles. The zero-order chi connectivity index (χ0) is 9.26. The largest absolute Gasteiger partial charge is 0.335 e. The van der Waals surface area contributed by atoms with Crippen LogP contribution in [0.3, 0.4) is 0 Å². The van der Waals surface area contributed by atoms with Crippen LogP contribution in [0.4, 0.5) is 0 Å². The number of aryl methyl sites for hydroxylation is 1. The maximum Gasteiger partial charge on any atom is 0.108 e. The number of nitrogens with zero attached hydrogens (tertiary/aromatic N) is 2. The first-order valence-corrected chi connectivity index (χ1v) is 5.01. The van der Waals surface area contributed by atoms with Gasteiger partial charge in [-0.3, -0.25) is 0 Å². The fourth-order valence-electron chi connectivity index (χ4n) is 2.14. The second-order valence-corrected chi connectivity index (χ2v) is 4.11. The number of imidazole rings is 1. The van der Waals surface area contributed by atoms with Gasteiger partial charge in [0.25, 0.3) is 0 Å². The van der Waals surface area contributed by atoms with E-state index in [4.69, 9.17) is 5.73 Å². The third kappa shape index (κ3) is 1.91. The van der Waals surface area contributed by atoms with E-state index < -0.39 is 0 Å². The Balaban J connectivity index is 2.00. The van der Waals surface area contributed by atoms with Crippen molar-refractivity contribution >= 4 is 0 Å². The molecule has 1 aliphatic rings. The molecule has 2 N–H and O–H groups in total. The van der Waals surface area contributed by atoms with Crippen molar-refractivity contribution in [1.29, 1.82) is 0 Å². The summed E-state index contributed by atoms with van der Waals surface area (Å²) in [5.41, 5.74) is 5.79. The molecule has 0 fully saturated rings. The van der Waals surface area contributed by atoms with Gasteiger partial charge in [0.1, 0.15) is 5.82 Å². The molecule has 13 heavy (non-hydrogen) atoms. The first kappa shape index (κ1) is 8.75. The molecule has 72 valence electrons. The molecule has 2 rings (SSSR count). The predicted octanol–water partition coefficient (Wildman–Crippen LogP) is 1.18. The van der Waals surface area contributed by atoms with Crippen LogP contribution in [0.1, 0.15) is 25.6 Å². The van der Waals surface area contributed by atoms with Gasteiger partial charge in [-0.25, -0.2) is 4.98 Å². The highest BCUT2D eigenvalue weighted by molar-refractivity contribution is 4.97. The molecule has 2 atom stereocenters. The topological polar surface area (TPSA) is 43.8 Å². The van der Waals surface area contributed by atoms with E-state index in [1.807, 2.05) is 6.20 Å². The van der Waals surface area contributed by atoms with Crippen LogP contribution >= 0.6 is 0 Å². The molecule has 3 heteroatoms. The molecule has 0 amide bonds. The number of rotatable bonds is 2. The minimum atomic E-state index is 0.325. The summed E-state index contributed by atoms with van der Waals surface area (Å²) in [4.78, 5) is 4.34. The number of hydrogen-bond acceptors (Lipinski definition) is 2. The van der Waals surface area contributed by atoms with Crippen molar-refractivity contribution in [3.8, 4) is 0 Å². The molecule has 0 spiro atoms. The molecule has 0 aliphatic carbocycles. The van der Waals surface area contributed by atoms with Crippen LogP contribution in [0.5, 0.6) is 0 Å². The van der Waals surface area contributed by atoms with E-state index in [1.54, 1.807) is 0 Å². The van der Waals surface area contributed by atoms with Gasteiger partial charge in [0.15, 0.2) is 0 Å². The van der Waals surface area contributed by atoms with E-state index in [-0.39, 0.29) is 0 Å². The van der Waals surface area contributed by atoms with E-state index >= 15 is 0 Å². The molecule has 0 saturated heterocycles. The molecule has 0 aromatic carbocycles. The Bertz CT molecular complexity index is 277. The first-order valence-electron chi connectivity index (χ1n) is 5.01. The third-order valence-electron chi connectivity index (χ3n) is 2.76. The van der Waals surface area contributed by atoms with Gasteiger partial charge in [-0.2, -0.15) is 0 Å². The van der Waals surface area contributed by atoms with Gasteiger partial charge < -0.3 is 10.3 Å². The Morgan fingerprint density at radius 1 is 1.77 bits per heavy atom. The van der Waals surface area contributed by atoms with Crippen LogP contribution in [0.15, 0.2) is 12.4 Å². The highest BCUT2D eigenvalue weighted by Crippen LogP contribution is 2.22. The highest BCUT2D eigenvalue weighted by Gasteiger charge is 2.19. The Hall–Kier alpha value is -0.830. The molecule has 0 saturated carbocycles. The van der Waals surface area contributed by atoms with Crippen molar-refractivity contribution in [2.24, 2.45) is 11.7 Å². The lowest BCUT2D eigenvalue weighted by Gasteiger charge is -2.24. The summed E-state index contributed by atoms with van der Waals surface area (Å²) in [7, 11) is 0. The SMILES string of the molecule is CC(N)CC1CCn2ccnc2C1. The molecular formula is C10H17N3. The molecule has 1 aliphatic heterocycles. The van der Waals surface area contributed by atoms with Crippen molar-refractivity contribution < 1.29 is 0 Å². The molecule has 1 aromatic rings. The summed E-state index contributed by atoms with van der Waals surface area (Å²) in [5.74, 6) is 1.98. The summed E-state index contributed by atoms with van der Waals surface area (Å²) in [6.45, 7) is 3.20. The lowest BCUT2D eigenvalue weighted by Crippen LogP contribution is -2.25. The molecule has 2 heterocycles. The van der Waals surface area contributed by atoms with E-state index in [1.165, 1.54) is 12.2 Å². The van der Waals surface area contributed by atoms with Crippen LogP contribution < -0.4 is 5.73 Å². The maximum absolute atomic E-state index is 5.79. The van der Waals surface area contributed by atoms with Crippen LogP contribution in [0.2, 0.25) is 0 Å². The van der Waals surface area contributed by atoms with E-state index in [9.17, 15) is 0 Å². The van der Waals surface area contributed by atoms with Gasteiger partial charge in [0.05, 0.1) is 0 Å². The van der Waals surface area contributed by atoms with E-state index in [0.29, 0.717) is 6.04 Å². The average molecular weight is 179 g/mol. The molecule has 3 nitrogen and oxygen atoms in total. The summed E-state index contributed by atoms with van der Waals surface area (Å²) in [5, 5.41) is 0. The number of aromatic nitrogens is 2. The molecule has 2 unspecified atom stereocenters. The fraction of sp³-hybridized carbons (Fsp3) is 0.700. The molecule has 0 bridgehead atoms. The maximum atomic E-state index is 5.79. The second-order valence-electron chi connectivity index (χ2n) is 4.11. The zero-order valence-electron chi connectivity index (χ0n) is 8.11. The Labute approximate surface area is 79.0 Å². The smallest absolute Gasteiger partial charge is 0.108 e. The van der Waals surface area contributed by atoms with E-state index in [0.717, 1.165) is 25.3 Å². The van der Waals surface area contributed by atoms with Crippen LogP contribution in [0.25, 0.3) is 0 Å². The van der Waals surface area contributed by atoms with Crippen molar-refractivity contribution in [3.05, 3.63) is 18.2 Å². The lowest BCUT2D eigenvalue weighted by atomic mass is 9.92. The Morgan fingerprint density at radius 2 is 2.62 bits per heavy atom. The van der Waals surface area contributed by atoms with Gasteiger partial charge in [-0.05, 0) is 25.7 Å². The van der Waals surface area contributed by atoms with Gasteiger partial charge in [0, 0.05) is 31.4 Å². The third-order valence-corrected chi connectivity index (χ3v) is 2.76. The van der Waals surface area contributed by atoms with Gasteiger partial charge in [-0.1, -0.05) is 0 Å². The zero-order valence-corrected chi connectivity index (χ0v) is 8.11.